The lowest BCUT2D eigenvalue weighted by Gasteiger charge is -2.30. The van der Waals surface area contributed by atoms with Crippen molar-refractivity contribution < 1.29 is 14.1 Å². The van der Waals surface area contributed by atoms with E-state index in [1.807, 2.05) is 68.4 Å². The van der Waals surface area contributed by atoms with Crippen LogP contribution in [0, 0.1) is 5.92 Å². The van der Waals surface area contributed by atoms with Crippen molar-refractivity contribution in [3.05, 3.63) is 60.5 Å². The SMILES string of the molecule is CC(C)Oc1ccccc1NC(=O)C1CCN(Cc2nc(-c3ccccc3)no2)CC1. The van der Waals surface area contributed by atoms with Crippen molar-refractivity contribution >= 4 is 11.6 Å². The summed E-state index contributed by atoms with van der Waals surface area (Å²) in [6.45, 7) is 6.16. The molecular weight excluding hydrogens is 392 g/mol. The maximum absolute atomic E-state index is 12.8. The molecule has 1 fully saturated rings. The van der Waals surface area contributed by atoms with Gasteiger partial charge in [0.05, 0.1) is 18.3 Å². The van der Waals surface area contributed by atoms with E-state index in [-0.39, 0.29) is 17.9 Å². The summed E-state index contributed by atoms with van der Waals surface area (Å²) in [7, 11) is 0. The molecule has 0 saturated carbocycles. The maximum Gasteiger partial charge on any atom is 0.241 e. The van der Waals surface area contributed by atoms with Crippen LogP contribution in [0.4, 0.5) is 5.69 Å². The van der Waals surface area contributed by atoms with E-state index < -0.39 is 0 Å². The molecule has 162 valence electrons. The molecule has 1 aromatic heterocycles. The predicted molar refractivity (Wildman–Crippen MR) is 119 cm³/mol. The minimum absolute atomic E-state index is 0.0223. The molecule has 4 rings (SSSR count). The van der Waals surface area contributed by atoms with Crippen molar-refractivity contribution in [2.75, 3.05) is 18.4 Å². The van der Waals surface area contributed by atoms with Gasteiger partial charge in [0.25, 0.3) is 0 Å². The summed E-state index contributed by atoms with van der Waals surface area (Å²) < 4.78 is 11.2. The van der Waals surface area contributed by atoms with Crippen LogP contribution in [-0.2, 0) is 11.3 Å². The molecule has 0 atom stereocenters. The number of amides is 1. The molecule has 1 aliphatic rings. The quantitative estimate of drug-likeness (QED) is 0.611. The van der Waals surface area contributed by atoms with E-state index in [0.29, 0.717) is 24.0 Å². The van der Waals surface area contributed by atoms with E-state index in [9.17, 15) is 4.79 Å². The van der Waals surface area contributed by atoms with Gasteiger partial charge in [-0.05, 0) is 51.9 Å². The Kier molecular flexibility index (Phi) is 6.62. The van der Waals surface area contributed by atoms with Gasteiger partial charge in [-0.25, -0.2) is 0 Å². The lowest BCUT2D eigenvalue weighted by atomic mass is 9.96. The summed E-state index contributed by atoms with van der Waals surface area (Å²) in [5.74, 6) is 1.93. The fraction of sp³-hybridized carbons (Fsp3) is 0.375. The molecule has 1 aliphatic heterocycles. The second-order valence-corrected chi connectivity index (χ2v) is 8.08. The van der Waals surface area contributed by atoms with Gasteiger partial charge >= 0.3 is 0 Å². The molecule has 1 amide bonds. The number of likely N-dealkylation sites (tertiary alicyclic amines) is 1. The van der Waals surface area contributed by atoms with Gasteiger partial charge in [-0.1, -0.05) is 47.6 Å². The number of benzene rings is 2. The summed E-state index contributed by atoms with van der Waals surface area (Å²) in [4.78, 5) is 19.6. The van der Waals surface area contributed by atoms with Crippen molar-refractivity contribution in [1.29, 1.82) is 0 Å². The molecule has 2 aromatic carbocycles. The number of anilines is 1. The molecule has 0 spiro atoms. The van der Waals surface area contributed by atoms with Crippen LogP contribution in [0.3, 0.4) is 0 Å². The lowest BCUT2D eigenvalue weighted by molar-refractivity contribution is -0.121. The predicted octanol–water partition coefficient (Wildman–Crippen LogP) is 4.37. The van der Waals surface area contributed by atoms with Gasteiger partial charge in [-0.15, -0.1) is 0 Å². The van der Waals surface area contributed by atoms with Crippen LogP contribution in [0.15, 0.2) is 59.1 Å². The standard InChI is InChI=1S/C24H28N4O3/c1-17(2)30-21-11-7-6-10-20(21)25-24(29)19-12-14-28(15-13-19)16-22-26-23(27-31-22)18-8-4-3-5-9-18/h3-11,17,19H,12-16H2,1-2H3,(H,25,29). The van der Waals surface area contributed by atoms with Gasteiger partial charge in [0, 0.05) is 11.5 Å². The molecule has 2 heterocycles. The number of nitrogens with zero attached hydrogens (tertiary/aromatic N) is 3. The highest BCUT2D eigenvalue weighted by atomic mass is 16.5. The number of aromatic nitrogens is 2. The molecule has 7 heteroatoms. The van der Waals surface area contributed by atoms with Crippen LogP contribution in [-0.4, -0.2) is 40.1 Å². The summed E-state index contributed by atoms with van der Waals surface area (Å²) >= 11 is 0. The van der Waals surface area contributed by atoms with E-state index in [1.54, 1.807) is 0 Å². The fourth-order valence-corrected chi connectivity index (χ4v) is 3.73. The number of rotatable bonds is 7. The van der Waals surface area contributed by atoms with Gasteiger partial charge in [-0.3, -0.25) is 9.69 Å². The van der Waals surface area contributed by atoms with Crippen LogP contribution in [0.1, 0.15) is 32.6 Å². The molecule has 0 unspecified atom stereocenters. The van der Waals surface area contributed by atoms with Crippen LogP contribution in [0.25, 0.3) is 11.4 Å². The Hall–Kier alpha value is -3.19. The summed E-state index contributed by atoms with van der Waals surface area (Å²) in [6, 6.07) is 17.4. The van der Waals surface area contributed by atoms with Crippen molar-refractivity contribution in [3.63, 3.8) is 0 Å². The Morgan fingerprint density at radius 1 is 1.13 bits per heavy atom. The van der Waals surface area contributed by atoms with Crippen LogP contribution < -0.4 is 10.1 Å². The Labute approximate surface area is 182 Å². The molecule has 1 saturated heterocycles. The highest BCUT2D eigenvalue weighted by molar-refractivity contribution is 5.94. The smallest absolute Gasteiger partial charge is 0.241 e. The molecular formula is C24H28N4O3. The molecule has 7 nitrogen and oxygen atoms in total. The minimum Gasteiger partial charge on any atom is -0.489 e. The van der Waals surface area contributed by atoms with Gasteiger partial charge in [0.15, 0.2) is 0 Å². The molecule has 0 aliphatic carbocycles. The third-order valence-electron chi connectivity index (χ3n) is 5.32. The highest BCUT2D eigenvalue weighted by Crippen LogP contribution is 2.27. The first-order chi connectivity index (χ1) is 15.1. The number of nitrogens with one attached hydrogen (secondary N) is 1. The van der Waals surface area contributed by atoms with Crippen molar-refractivity contribution in [2.24, 2.45) is 5.92 Å². The van der Waals surface area contributed by atoms with E-state index >= 15 is 0 Å². The van der Waals surface area contributed by atoms with E-state index in [2.05, 4.69) is 20.4 Å². The lowest BCUT2D eigenvalue weighted by Crippen LogP contribution is -2.37. The zero-order chi connectivity index (χ0) is 21.6. The Balaban J connectivity index is 1.29. The van der Waals surface area contributed by atoms with E-state index in [1.165, 1.54) is 0 Å². The number of carbonyl (C=O) groups excluding carboxylic acids is 1. The first-order valence-corrected chi connectivity index (χ1v) is 10.8. The summed E-state index contributed by atoms with van der Waals surface area (Å²) in [5, 5.41) is 7.13. The normalized spacial score (nSPS) is 15.2. The number of piperidine rings is 1. The number of ether oxygens (including phenoxy) is 1. The van der Waals surface area contributed by atoms with Crippen molar-refractivity contribution in [2.45, 2.75) is 39.3 Å². The molecule has 31 heavy (non-hydrogen) atoms. The topological polar surface area (TPSA) is 80.5 Å². The van der Waals surface area contributed by atoms with Gasteiger partial charge in [-0.2, -0.15) is 4.98 Å². The second-order valence-electron chi connectivity index (χ2n) is 8.08. The third kappa shape index (κ3) is 5.49. The Morgan fingerprint density at radius 3 is 2.58 bits per heavy atom. The maximum atomic E-state index is 12.8. The van der Waals surface area contributed by atoms with Crippen molar-refractivity contribution in [1.82, 2.24) is 15.0 Å². The highest BCUT2D eigenvalue weighted by Gasteiger charge is 2.26. The fourth-order valence-electron chi connectivity index (χ4n) is 3.73. The number of hydrogen-bond acceptors (Lipinski definition) is 6. The summed E-state index contributed by atoms with van der Waals surface area (Å²) in [5.41, 5.74) is 1.66. The molecule has 0 radical (unpaired) electrons. The Bertz CT molecular complexity index is 995. The van der Waals surface area contributed by atoms with Gasteiger partial charge < -0.3 is 14.6 Å². The number of para-hydroxylation sites is 2. The average Bonchev–Trinajstić information content (AvgIpc) is 3.24. The molecule has 0 bridgehead atoms. The van der Waals surface area contributed by atoms with Crippen LogP contribution in [0.5, 0.6) is 5.75 Å². The number of carbonyl (C=O) groups is 1. The largest absolute Gasteiger partial charge is 0.489 e. The monoisotopic (exact) mass is 420 g/mol. The van der Waals surface area contributed by atoms with Gasteiger partial charge in [0.2, 0.25) is 17.6 Å². The van der Waals surface area contributed by atoms with Crippen LogP contribution in [0.2, 0.25) is 0 Å². The third-order valence-corrected chi connectivity index (χ3v) is 5.32. The second kappa shape index (κ2) is 9.75. The first-order valence-electron chi connectivity index (χ1n) is 10.8. The van der Waals surface area contributed by atoms with E-state index in [0.717, 1.165) is 37.2 Å². The molecule has 1 N–H and O–H groups in total. The molecule has 3 aromatic rings. The summed E-state index contributed by atoms with van der Waals surface area (Å²) in [6.07, 6.45) is 1.63. The number of hydrogen-bond donors (Lipinski definition) is 1. The average molecular weight is 421 g/mol. The first kappa shape index (κ1) is 21.1. The van der Waals surface area contributed by atoms with Crippen LogP contribution >= 0.6 is 0 Å². The van der Waals surface area contributed by atoms with Gasteiger partial charge in [0.1, 0.15) is 5.75 Å². The zero-order valence-corrected chi connectivity index (χ0v) is 18.0. The minimum atomic E-state index is -0.0223. The van der Waals surface area contributed by atoms with Crippen molar-refractivity contribution in [3.8, 4) is 17.1 Å². The Morgan fingerprint density at radius 2 is 1.84 bits per heavy atom. The van der Waals surface area contributed by atoms with E-state index in [4.69, 9.17) is 9.26 Å². The zero-order valence-electron chi connectivity index (χ0n) is 18.0.